The van der Waals surface area contributed by atoms with Gasteiger partial charge in [-0.05, 0) is 32.7 Å². The Morgan fingerprint density at radius 1 is 1.14 bits per heavy atom. The Morgan fingerprint density at radius 2 is 1.92 bits per heavy atom. The molecule has 0 spiro atoms. The standard InChI is InChI=1S/C25H40ClN7O3S/c1-19-17-32(10-11-33(19)25(35)28-20-6-3-2-4-7-20)22-16-21(26)29-24(30-22)37-18-23(34)27-8-5-9-31-12-14-36-15-13-31/h16,19-20H,2-15,17-18H2,1H3,(H,27,34)(H,28,35). The number of rotatable bonds is 9. The van der Waals surface area contributed by atoms with Crippen LogP contribution in [0.1, 0.15) is 45.4 Å². The van der Waals surface area contributed by atoms with E-state index in [4.69, 9.17) is 16.3 Å². The topological polar surface area (TPSA) is 103 Å². The normalized spacial score (nSPS) is 21.6. The third-order valence-electron chi connectivity index (χ3n) is 7.22. The van der Waals surface area contributed by atoms with Crippen LogP contribution in [0.15, 0.2) is 11.2 Å². The van der Waals surface area contributed by atoms with Crippen molar-refractivity contribution in [1.82, 2.24) is 30.4 Å². The molecule has 1 aliphatic carbocycles. The fourth-order valence-electron chi connectivity index (χ4n) is 5.12. The number of carbonyl (C=O) groups excluding carboxylic acids is 2. The number of ether oxygens (including phenoxy) is 1. The summed E-state index contributed by atoms with van der Waals surface area (Å²) in [4.78, 5) is 40.6. The highest BCUT2D eigenvalue weighted by atomic mass is 35.5. The van der Waals surface area contributed by atoms with Gasteiger partial charge in [-0.15, -0.1) is 0 Å². The molecule has 4 rings (SSSR count). The maximum Gasteiger partial charge on any atom is 0.317 e. The fraction of sp³-hybridized carbons (Fsp3) is 0.760. The first kappa shape index (κ1) is 28.2. The molecule has 2 N–H and O–H groups in total. The first-order chi connectivity index (χ1) is 18.0. The van der Waals surface area contributed by atoms with E-state index in [2.05, 4.69) is 37.3 Å². The van der Waals surface area contributed by atoms with Gasteiger partial charge in [0.25, 0.3) is 0 Å². The molecular weight excluding hydrogens is 514 g/mol. The summed E-state index contributed by atoms with van der Waals surface area (Å²) in [5.41, 5.74) is 0. The van der Waals surface area contributed by atoms with E-state index in [1.54, 1.807) is 6.07 Å². The molecule has 3 amide bonds. The molecule has 206 valence electrons. The monoisotopic (exact) mass is 553 g/mol. The van der Waals surface area contributed by atoms with Crippen LogP contribution < -0.4 is 15.5 Å². The number of nitrogens with one attached hydrogen (secondary N) is 2. The third kappa shape index (κ3) is 8.87. The largest absolute Gasteiger partial charge is 0.379 e. The molecule has 1 aromatic rings. The Labute approximate surface area is 229 Å². The highest BCUT2D eigenvalue weighted by Gasteiger charge is 2.30. The average molecular weight is 554 g/mol. The lowest BCUT2D eigenvalue weighted by molar-refractivity contribution is -0.118. The Hall–Kier alpha value is -1.82. The van der Waals surface area contributed by atoms with Crippen LogP contribution in [-0.2, 0) is 9.53 Å². The van der Waals surface area contributed by atoms with Crippen molar-refractivity contribution in [1.29, 1.82) is 0 Å². The van der Waals surface area contributed by atoms with Gasteiger partial charge in [-0.25, -0.2) is 14.8 Å². The summed E-state index contributed by atoms with van der Waals surface area (Å²) in [6.07, 6.45) is 6.72. The highest BCUT2D eigenvalue weighted by molar-refractivity contribution is 7.99. The van der Waals surface area contributed by atoms with Gasteiger partial charge in [0, 0.05) is 57.4 Å². The van der Waals surface area contributed by atoms with Crippen LogP contribution in [0.2, 0.25) is 5.15 Å². The van der Waals surface area contributed by atoms with E-state index in [-0.39, 0.29) is 23.7 Å². The van der Waals surface area contributed by atoms with E-state index in [9.17, 15) is 9.59 Å². The molecule has 2 saturated heterocycles. The number of aromatic nitrogens is 2. The van der Waals surface area contributed by atoms with Crippen LogP contribution in [0.25, 0.3) is 0 Å². The van der Waals surface area contributed by atoms with Crippen molar-refractivity contribution in [2.45, 2.75) is 62.7 Å². The molecule has 1 atom stereocenters. The third-order valence-corrected chi connectivity index (χ3v) is 8.26. The van der Waals surface area contributed by atoms with Crippen molar-refractivity contribution in [3.05, 3.63) is 11.2 Å². The number of morpholine rings is 1. The number of anilines is 1. The lowest BCUT2D eigenvalue weighted by Crippen LogP contribution is -2.58. The van der Waals surface area contributed by atoms with Crippen molar-refractivity contribution in [3.8, 4) is 0 Å². The molecule has 1 aromatic heterocycles. The van der Waals surface area contributed by atoms with E-state index in [1.807, 2.05) is 4.90 Å². The molecule has 0 aromatic carbocycles. The summed E-state index contributed by atoms with van der Waals surface area (Å²) < 4.78 is 5.36. The molecule has 0 bridgehead atoms. The van der Waals surface area contributed by atoms with Crippen molar-refractivity contribution in [2.75, 3.05) is 69.7 Å². The second-order valence-electron chi connectivity index (χ2n) is 10.1. The first-order valence-electron chi connectivity index (χ1n) is 13.5. The number of carbonyl (C=O) groups is 2. The van der Waals surface area contributed by atoms with E-state index < -0.39 is 0 Å². The Bertz CT molecular complexity index is 899. The predicted octanol–water partition coefficient (Wildman–Crippen LogP) is 2.61. The summed E-state index contributed by atoms with van der Waals surface area (Å²) in [7, 11) is 0. The van der Waals surface area contributed by atoms with E-state index >= 15 is 0 Å². The van der Waals surface area contributed by atoms with E-state index in [0.717, 1.165) is 57.9 Å². The van der Waals surface area contributed by atoms with Crippen LogP contribution in [0.3, 0.4) is 0 Å². The Kier molecular flexibility index (Phi) is 10.9. The van der Waals surface area contributed by atoms with Gasteiger partial charge in [0.1, 0.15) is 11.0 Å². The SMILES string of the molecule is CC1CN(c2cc(Cl)nc(SCC(=O)NCCCN3CCOCC3)n2)CCN1C(=O)NC1CCCCC1. The highest BCUT2D eigenvalue weighted by Crippen LogP contribution is 2.24. The number of thioether (sulfide) groups is 1. The zero-order chi connectivity index (χ0) is 26.0. The molecule has 12 heteroatoms. The second kappa shape index (κ2) is 14.4. The van der Waals surface area contributed by atoms with Gasteiger partial charge in [0.15, 0.2) is 5.16 Å². The molecule has 1 saturated carbocycles. The first-order valence-corrected chi connectivity index (χ1v) is 14.9. The van der Waals surface area contributed by atoms with Crippen molar-refractivity contribution in [2.24, 2.45) is 0 Å². The molecule has 37 heavy (non-hydrogen) atoms. The minimum Gasteiger partial charge on any atom is -0.379 e. The molecule has 10 nitrogen and oxygen atoms in total. The average Bonchev–Trinajstić information content (AvgIpc) is 2.90. The minimum absolute atomic E-state index is 0.0342. The van der Waals surface area contributed by atoms with Crippen molar-refractivity contribution in [3.63, 3.8) is 0 Å². The minimum atomic E-state index is -0.0386. The zero-order valence-electron chi connectivity index (χ0n) is 21.8. The molecule has 2 aliphatic heterocycles. The smallest absolute Gasteiger partial charge is 0.317 e. The quantitative estimate of drug-likeness (QED) is 0.208. The molecule has 1 unspecified atom stereocenters. The Balaban J connectivity index is 1.21. The number of hydrogen-bond donors (Lipinski definition) is 2. The Morgan fingerprint density at radius 3 is 2.68 bits per heavy atom. The lowest BCUT2D eigenvalue weighted by Gasteiger charge is -2.41. The van der Waals surface area contributed by atoms with Crippen LogP contribution in [-0.4, -0.2) is 109 Å². The molecule has 3 aliphatic rings. The van der Waals surface area contributed by atoms with Gasteiger partial charge in [-0.2, -0.15) is 0 Å². The number of amides is 3. The second-order valence-corrected chi connectivity index (χ2v) is 11.4. The van der Waals surface area contributed by atoms with Gasteiger partial charge in [-0.3, -0.25) is 9.69 Å². The van der Waals surface area contributed by atoms with E-state index in [0.29, 0.717) is 42.5 Å². The molecular formula is C25H40ClN7O3S. The summed E-state index contributed by atoms with van der Waals surface area (Å²) in [5, 5.41) is 7.04. The fourth-order valence-corrected chi connectivity index (χ4v) is 6.03. The van der Waals surface area contributed by atoms with Crippen LogP contribution >= 0.6 is 23.4 Å². The number of hydrogen-bond acceptors (Lipinski definition) is 8. The van der Waals surface area contributed by atoms with Gasteiger partial charge in [0.2, 0.25) is 5.91 Å². The van der Waals surface area contributed by atoms with Gasteiger partial charge >= 0.3 is 6.03 Å². The number of piperazine rings is 1. The summed E-state index contributed by atoms with van der Waals surface area (Å²) in [5.74, 6) is 0.930. The lowest BCUT2D eigenvalue weighted by atomic mass is 9.96. The maximum absolute atomic E-state index is 12.9. The number of nitrogens with zero attached hydrogens (tertiary/aromatic N) is 5. The number of halogens is 1. The summed E-state index contributed by atoms with van der Waals surface area (Å²) in [6, 6.07) is 2.13. The van der Waals surface area contributed by atoms with Gasteiger partial charge in [0.05, 0.1) is 19.0 Å². The van der Waals surface area contributed by atoms with E-state index in [1.165, 1.54) is 31.0 Å². The van der Waals surface area contributed by atoms with Gasteiger partial charge in [-0.1, -0.05) is 42.6 Å². The van der Waals surface area contributed by atoms with Crippen LogP contribution in [0.5, 0.6) is 0 Å². The van der Waals surface area contributed by atoms with Gasteiger partial charge < -0.3 is 25.2 Å². The van der Waals surface area contributed by atoms with Crippen molar-refractivity contribution >= 4 is 41.1 Å². The van der Waals surface area contributed by atoms with Crippen LogP contribution in [0, 0.1) is 0 Å². The molecule has 3 heterocycles. The summed E-state index contributed by atoms with van der Waals surface area (Å²) in [6.45, 7) is 9.12. The zero-order valence-corrected chi connectivity index (χ0v) is 23.4. The predicted molar refractivity (Wildman–Crippen MR) is 146 cm³/mol. The number of urea groups is 1. The molecule has 0 radical (unpaired) electrons. The molecule has 3 fully saturated rings. The van der Waals surface area contributed by atoms with Crippen molar-refractivity contribution < 1.29 is 14.3 Å². The van der Waals surface area contributed by atoms with Crippen LogP contribution in [0.4, 0.5) is 10.6 Å². The summed E-state index contributed by atoms with van der Waals surface area (Å²) >= 11 is 7.59. The maximum atomic E-state index is 12.9.